The summed E-state index contributed by atoms with van der Waals surface area (Å²) in [6.07, 6.45) is 1.59. The highest BCUT2D eigenvalue weighted by molar-refractivity contribution is 7.89. The van der Waals surface area contributed by atoms with E-state index in [2.05, 4.69) is 15.0 Å². The molecule has 1 aromatic carbocycles. The first-order chi connectivity index (χ1) is 13.9. The molecule has 1 atom stereocenters. The highest BCUT2D eigenvalue weighted by Crippen LogP contribution is 2.39. The van der Waals surface area contributed by atoms with Crippen LogP contribution in [-0.4, -0.2) is 23.4 Å². The van der Waals surface area contributed by atoms with Crippen LogP contribution in [0.5, 0.6) is 0 Å². The van der Waals surface area contributed by atoms with Crippen molar-refractivity contribution >= 4 is 16.0 Å². The van der Waals surface area contributed by atoms with E-state index in [0.717, 1.165) is 0 Å². The zero-order valence-corrected chi connectivity index (χ0v) is 18.0. The van der Waals surface area contributed by atoms with E-state index >= 15 is 4.39 Å². The second-order valence-electron chi connectivity index (χ2n) is 7.94. The standard InChI is InChI=1S/C20H24FN5O3S/c1-5-14(30(23,27)28)11-7-6-8-12(15(11)21)16-17(13-9-10-24-19(22)25-13)29-18(26-16)20(2,3)4/h6-10,14H,5H2,1-4H3,(H2,22,24,25)(H2,23,27,28). The van der Waals surface area contributed by atoms with Gasteiger partial charge in [-0.2, -0.15) is 0 Å². The molecule has 0 radical (unpaired) electrons. The Labute approximate surface area is 174 Å². The fourth-order valence-corrected chi connectivity index (χ4v) is 4.11. The number of aromatic nitrogens is 3. The van der Waals surface area contributed by atoms with Crippen LogP contribution in [0, 0.1) is 5.82 Å². The third-order valence-corrected chi connectivity index (χ3v) is 5.95. The van der Waals surface area contributed by atoms with Gasteiger partial charge in [-0.05, 0) is 18.6 Å². The Morgan fingerprint density at radius 3 is 2.47 bits per heavy atom. The SMILES string of the molecule is CCC(c1cccc(-c2nc(C(C)(C)C)oc2-c2ccnc(N)n2)c1F)S(N)(=O)=O. The first-order valence-corrected chi connectivity index (χ1v) is 10.9. The van der Waals surface area contributed by atoms with Crippen LogP contribution in [0.25, 0.3) is 22.7 Å². The number of oxazole rings is 1. The Hall–Kier alpha value is -2.85. The fourth-order valence-electron chi connectivity index (χ4n) is 3.11. The Morgan fingerprint density at radius 2 is 1.90 bits per heavy atom. The molecule has 0 fully saturated rings. The molecular weight excluding hydrogens is 409 g/mol. The number of nitrogens with two attached hydrogens (primary N) is 2. The number of hydrogen-bond donors (Lipinski definition) is 2. The van der Waals surface area contributed by atoms with Crippen LogP contribution in [0.15, 0.2) is 34.9 Å². The zero-order valence-electron chi connectivity index (χ0n) is 17.2. The predicted octanol–water partition coefficient (Wildman–Crippen LogP) is 3.56. The molecule has 0 spiro atoms. The number of primary sulfonamides is 1. The average molecular weight is 434 g/mol. The van der Waals surface area contributed by atoms with Crippen molar-refractivity contribution < 1.29 is 17.2 Å². The molecule has 4 N–H and O–H groups in total. The van der Waals surface area contributed by atoms with Crippen LogP contribution in [-0.2, 0) is 15.4 Å². The number of anilines is 1. The van der Waals surface area contributed by atoms with Gasteiger partial charge in [0.25, 0.3) is 0 Å². The number of hydrogen-bond acceptors (Lipinski definition) is 7. The lowest BCUT2D eigenvalue weighted by molar-refractivity contribution is 0.398. The summed E-state index contributed by atoms with van der Waals surface area (Å²) in [7, 11) is -4.00. The molecule has 8 nitrogen and oxygen atoms in total. The van der Waals surface area contributed by atoms with Crippen molar-refractivity contribution in [2.75, 3.05) is 5.73 Å². The van der Waals surface area contributed by atoms with Gasteiger partial charge in [-0.15, -0.1) is 0 Å². The van der Waals surface area contributed by atoms with Gasteiger partial charge in [-0.25, -0.2) is 32.9 Å². The van der Waals surface area contributed by atoms with Gasteiger partial charge in [0.05, 0.1) is 0 Å². The molecule has 30 heavy (non-hydrogen) atoms. The summed E-state index contributed by atoms with van der Waals surface area (Å²) in [5.41, 5.74) is 5.83. The van der Waals surface area contributed by atoms with Gasteiger partial charge in [-0.1, -0.05) is 39.8 Å². The summed E-state index contributed by atoms with van der Waals surface area (Å²) in [4.78, 5) is 12.5. The molecule has 1 unspecified atom stereocenters. The van der Waals surface area contributed by atoms with Crippen molar-refractivity contribution in [2.24, 2.45) is 5.14 Å². The van der Waals surface area contributed by atoms with Gasteiger partial charge in [0, 0.05) is 22.7 Å². The molecule has 10 heteroatoms. The van der Waals surface area contributed by atoms with Crippen LogP contribution in [0.4, 0.5) is 10.3 Å². The molecule has 0 saturated carbocycles. The maximum Gasteiger partial charge on any atom is 0.220 e. The molecule has 2 aromatic heterocycles. The minimum absolute atomic E-state index is 0.0223. The maximum absolute atomic E-state index is 15.5. The highest BCUT2D eigenvalue weighted by atomic mass is 32.2. The first kappa shape index (κ1) is 21.8. The predicted molar refractivity (Wildman–Crippen MR) is 112 cm³/mol. The van der Waals surface area contributed by atoms with Gasteiger partial charge in [0.1, 0.15) is 22.5 Å². The summed E-state index contributed by atoms with van der Waals surface area (Å²) in [6.45, 7) is 7.34. The van der Waals surface area contributed by atoms with Crippen molar-refractivity contribution in [3.05, 3.63) is 47.7 Å². The molecule has 2 heterocycles. The Morgan fingerprint density at radius 1 is 1.20 bits per heavy atom. The van der Waals surface area contributed by atoms with Crippen molar-refractivity contribution in [1.82, 2.24) is 15.0 Å². The molecule has 0 bridgehead atoms. The van der Waals surface area contributed by atoms with Gasteiger partial charge >= 0.3 is 0 Å². The summed E-state index contributed by atoms with van der Waals surface area (Å²) in [5, 5.41) is 4.14. The van der Waals surface area contributed by atoms with E-state index in [4.69, 9.17) is 15.3 Å². The Balaban J connectivity index is 2.28. The van der Waals surface area contributed by atoms with Gasteiger partial charge in [0.15, 0.2) is 5.76 Å². The monoisotopic (exact) mass is 433 g/mol. The van der Waals surface area contributed by atoms with Gasteiger partial charge in [-0.3, -0.25) is 0 Å². The molecule has 0 saturated heterocycles. The molecular formula is C20H24FN5O3S. The van der Waals surface area contributed by atoms with Crippen molar-refractivity contribution in [3.63, 3.8) is 0 Å². The van der Waals surface area contributed by atoms with E-state index in [1.165, 1.54) is 18.3 Å². The van der Waals surface area contributed by atoms with E-state index in [1.54, 1.807) is 19.1 Å². The lowest BCUT2D eigenvalue weighted by Gasteiger charge is -2.15. The lowest BCUT2D eigenvalue weighted by Crippen LogP contribution is -2.22. The van der Waals surface area contributed by atoms with Crippen LogP contribution >= 0.6 is 0 Å². The second kappa shape index (κ2) is 7.77. The van der Waals surface area contributed by atoms with E-state index in [1.807, 2.05) is 20.8 Å². The van der Waals surface area contributed by atoms with E-state index in [0.29, 0.717) is 11.6 Å². The molecule has 0 amide bonds. The topological polar surface area (TPSA) is 138 Å². The zero-order chi connectivity index (χ0) is 22.3. The number of nitrogens with zero attached hydrogens (tertiary/aromatic N) is 3. The molecule has 3 rings (SSSR count). The molecule has 0 aliphatic rings. The summed E-state index contributed by atoms with van der Waals surface area (Å²) >= 11 is 0. The number of halogens is 1. The third kappa shape index (κ3) is 4.19. The molecule has 160 valence electrons. The molecule has 0 aliphatic carbocycles. The third-order valence-electron chi connectivity index (χ3n) is 4.57. The van der Waals surface area contributed by atoms with Crippen molar-refractivity contribution in [3.8, 4) is 22.7 Å². The number of benzene rings is 1. The van der Waals surface area contributed by atoms with E-state index < -0.39 is 26.5 Å². The number of rotatable bonds is 5. The van der Waals surface area contributed by atoms with Crippen LogP contribution in [0.2, 0.25) is 0 Å². The normalized spacial score (nSPS) is 13.4. The Bertz CT molecular complexity index is 1190. The first-order valence-electron chi connectivity index (χ1n) is 9.34. The second-order valence-corrected chi connectivity index (χ2v) is 9.69. The van der Waals surface area contributed by atoms with Crippen LogP contribution < -0.4 is 10.9 Å². The lowest BCUT2D eigenvalue weighted by atomic mass is 9.97. The quantitative estimate of drug-likeness (QED) is 0.627. The van der Waals surface area contributed by atoms with Gasteiger partial charge < -0.3 is 10.2 Å². The maximum atomic E-state index is 15.5. The van der Waals surface area contributed by atoms with Crippen molar-refractivity contribution in [1.29, 1.82) is 0 Å². The summed E-state index contributed by atoms with van der Waals surface area (Å²) in [5.74, 6) is -0.112. The highest BCUT2D eigenvalue weighted by Gasteiger charge is 2.30. The smallest absolute Gasteiger partial charge is 0.220 e. The number of sulfonamides is 1. The van der Waals surface area contributed by atoms with Crippen molar-refractivity contribution in [2.45, 2.75) is 44.8 Å². The van der Waals surface area contributed by atoms with E-state index in [9.17, 15) is 8.42 Å². The largest absolute Gasteiger partial charge is 0.438 e. The Kier molecular flexibility index (Phi) is 5.66. The van der Waals surface area contributed by atoms with E-state index in [-0.39, 0.29) is 35.0 Å². The average Bonchev–Trinajstić information content (AvgIpc) is 3.08. The summed E-state index contributed by atoms with van der Waals surface area (Å²) < 4.78 is 45.4. The van der Waals surface area contributed by atoms with Gasteiger partial charge in [0.2, 0.25) is 21.9 Å². The fraction of sp³-hybridized carbons (Fsp3) is 0.350. The molecule has 0 aliphatic heterocycles. The minimum atomic E-state index is -4.00. The van der Waals surface area contributed by atoms with Crippen LogP contribution in [0.3, 0.4) is 0 Å². The van der Waals surface area contributed by atoms with Crippen LogP contribution in [0.1, 0.15) is 50.8 Å². The summed E-state index contributed by atoms with van der Waals surface area (Å²) in [6, 6.07) is 6.05. The number of nitrogen functional groups attached to an aromatic ring is 1. The minimum Gasteiger partial charge on any atom is -0.438 e. The molecule has 3 aromatic rings.